The Morgan fingerprint density at radius 3 is 1.67 bits per heavy atom. The molecule has 0 radical (unpaired) electrons. The van der Waals surface area contributed by atoms with E-state index in [4.69, 9.17) is 4.74 Å². The fourth-order valence-corrected chi connectivity index (χ4v) is 1.27. The highest BCUT2D eigenvalue weighted by atomic mass is 16.5. The van der Waals surface area contributed by atoms with Gasteiger partial charge in [0, 0.05) is 6.61 Å². The summed E-state index contributed by atoms with van der Waals surface area (Å²) < 4.78 is 5.73. The van der Waals surface area contributed by atoms with E-state index in [1.54, 1.807) is 13.0 Å². The number of allylic oxidation sites excluding steroid dienone is 3. The van der Waals surface area contributed by atoms with E-state index in [-0.39, 0.29) is 5.60 Å². The molecule has 0 saturated heterocycles. The van der Waals surface area contributed by atoms with Crippen molar-refractivity contribution in [3.05, 3.63) is 37.5 Å². The summed E-state index contributed by atoms with van der Waals surface area (Å²) in [4.78, 5) is 0. The predicted molar refractivity (Wildman–Crippen MR) is 133 cm³/mol. The van der Waals surface area contributed by atoms with Crippen molar-refractivity contribution in [3.63, 3.8) is 0 Å². The lowest BCUT2D eigenvalue weighted by atomic mass is 9.99. The van der Waals surface area contributed by atoms with Crippen LogP contribution in [-0.2, 0) is 4.74 Å². The quantitative estimate of drug-likeness (QED) is 0.300. The topological polar surface area (TPSA) is 9.23 Å². The van der Waals surface area contributed by atoms with Crippen LogP contribution in [-0.4, -0.2) is 12.2 Å². The molecular formula is C26H54O. The molecule has 0 saturated carbocycles. The molecule has 0 rings (SSSR count). The lowest BCUT2D eigenvalue weighted by Gasteiger charge is -2.25. The maximum atomic E-state index is 5.73. The summed E-state index contributed by atoms with van der Waals surface area (Å²) in [6.07, 6.45) is 13.8. The largest absolute Gasteiger partial charge is 0.376 e. The first-order chi connectivity index (χ1) is 12.7. The molecule has 0 aliphatic heterocycles. The second-order valence-corrected chi connectivity index (χ2v) is 5.81. The average Bonchev–Trinajstić information content (AvgIpc) is 2.64. The minimum absolute atomic E-state index is 0.0471. The molecule has 0 aliphatic rings. The van der Waals surface area contributed by atoms with Crippen LogP contribution in [0.25, 0.3) is 0 Å². The Labute approximate surface area is 175 Å². The van der Waals surface area contributed by atoms with Crippen LogP contribution < -0.4 is 0 Å². The van der Waals surface area contributed by atoms with Gasteiger partial charge in [-0.2, -0.15) is 0 Å². The van der Waals surface area contributed by atoms with Crippen molar-refractivity contribution in [1.29, 1.82) is 0 Å². The van der Waals surface area contributed by atoms with Gasteiger partial charge in [-0.3, -0.25) is 0 Å². The Morgan fingerprint density at radius 2 is 1.44 bits per heavy atom. The molecule has 0 N–H and O–H groups in total. The lowest BCUT2D eigenvalue weighted by molar-refractivity contribution is -0.0241. The predicted octanol–water partition coefficient (Wildman–Crippen LogP) is 9.40. The van der Waals surface area contributed by atoms with Crippen LogP contribution in [0.3, 0.4) is 0 Å². The molecule has 0 aromatic carbocycles. The molecule has 0 heterocycles. The number of terminal acetylenes is 1. The van der Waals surface area contributed by atoms with Crippen molar-refractivity contribution in [2.75, 3.05) is 6.61 Å². The van der Waals surface area contributed by atoms with E-state index < -0.39 is 0 Å². The number of hydrogen-bond acceptors (Lipinski definition) is 1. The van der Waals surface area contributed by atoms with Gasteiger partial charge in [0.1, 0.15) is 0 Å². The van der Waals surface area contributed by atoms with Gasteiger partial charge in [0.2, 0.25) is 0 Å². The van der Waals surface area contributed by atoms with E-state index in [9.17, 15) is 0 Å². The van der Waals surface area contributed by atoms with Crippen LogP contribution >= 0.6 is 0 Å². The molecule has 0 aromatic heterocycles. The maximum Gasteiger partial charge on any atom is 0.0626 e. The summed E-state index contributed by atoms with van der Waals surface area (Å²) >= 11 is 0. The first-order valence-corrected chi connectivity index (χ1v) is 10.6. The summed E-state index contributed by atoms with van der Waals surface area (Å²) in [5.41, 5.74) is 1.32. The molecule has 0 aromatic rings. The maximum absolute atomic E-state index is 5.73. The zero-order valence-electron chi connectivity index (χ0n) is 21.0. The molecule has 0 spiro atoms. The fourth-order valence-electron chi connectivity index (χ4n) is 1.27. The number of rotatable bonds is 8. The molecule has 0 fully saturated rings. The van der Waals surface area contributed by atoms with Crippen molar-refractivity contribution in [3.8, 4) is 12.3 Å². The van der Waals surface area contributed by atoms with Crippen LogP contribution in [0, 0.1) is 12.3 Å². The van der Waals surface area contributed by atoms with E-state index in [1.807, 2.05) is 40.7 Å². The van der Waals surface area contributed by atoms with Crippen LogP contribution in [0.4, 0.5) is 0 Å². The second-order valence-electron chi connectivity index (χ2n) is 5.81. The normalized spacial score (nSPS) is 7.78. The van der Waals surface area contributed by atoms with Gasteiger partial charge in [-0.15, -0.1) is 32.1 Å². The van der Waals surface area contributed by atoms with Crippen molar-refractivity contribution >= 4 is 0 Å². The monoisotopic (exact) mass is 382 g/mol. The minimum Gasteiger partial charge on any atom is -0.376 e. The zero-order valence-corrected chi connectivity index (χ0v) is 21.0. The molecule has 0 aliphatic carbocycles. The van der Waals surface area contributed by atoms with E-state index in [0.717, 1.165) is 32.3 Å². The Bertz CT molecular complexity index is 292. The van der Waals surface area contributed by atoms with Gasteiger partial charge in [0.05, 0.1) is 5.60 Å². The van der Waals surface area contributed by atoms with E-state index >= 15 is 0 Å². The highest BCUT2D eigenvalue weighted by Gasteiger charge is 2.16. The Kier molecular flexibility index (Phi) is 66.3. The Balaban J connectivity index is -0.0000000648. The van der Waals surface area contributed by atoms with Gasteiger partial charge in [-0.25, -0.2) is 0 Å². The molecule has 0 unspecified atom stereocenters. The standard InChI is InChI=1S/C12H24O.C4H8.C3H6.C3H4.2C2H6/c1-6-10-13-12(4,5)9-7-8-11(2)3;1-3-4-2;2*1-3-2;2*1-2/h2,6-10H2,1,3-5H3;3H,1,4H2,2H3;3H,1H2,2H3;1H,2H3;2*1-2H3. The van der Waals surface area contributed by atoms with Gasteiger partial charge in [0.15, 0.2) is 0 Å². The van der Waals surface area contributed by atoms with Gasteiger partial charge in [-0.1, -0.05) is 59.3 Å². The summed E-state index contributed by atoms with van der Waals surface area (Å²) in [6, 6.07) is 0. The first-order valence-electron chi connectivity index (χ1n) is 10.6. The second kappa shape index (κ2) is 44.3. The first kappa shape index (κ1) is 40.4. The molecule has 1 heteroatoms. The van der Waals surface area contributed by atoms with Crippen molar-refractivity contribution in [2.24, 2.45) is 0 Å². The van der Waals surface area contributed by atoms with Crippen molar-refractivity contribution < 1.29 is 4.74 Å². The number of hydrogen-bond donors (Lipinski definition) is 0. The van der Waals surface area contributed by atoms with Crippen LogP contribution in [0.15, 0.2) is 37.5 Å². The van der Waals surface area contributed by atoms with Gasteiger partial charge in [-0.05, 0) is 66.7 Å². The Morgan fingerprint density at radius 1 is 1.11 bits per heavy atom. The highest BCUT2D eigenvalue weighted by molar-refractivity contribution is 4.88. The summed E-state index contributed by atoms with van der Waals surface area (Å²) in [7, 11) is 0. The molecule has 0 amide bonds. The minimum atomic E-state index is 0.0471. The van der Waals surface area contributed by atoms with E-state index in [0.29, 0.717) is 0 Å². The molecular weight excluding hydrogens is 328 g/mol. The summed E-state index contributed by atoms with van der Waals surface area (Å²) in [6.45, 7) is 33.8. The third kappa shape index (κ3) is 92.8. The number of ether oxygens (including phenoxy) is 1. The molecule has 0 bridgehead atoms. The third-order valence-electron chi connectivity index (χ3n) is 2.37. The van der Waals surface area contributed by atoms with Crippen LogP contribution in [0.5, 0.6) is 0 Å². The third-order valence-corrected chi connectivity index (χ3v) is 2.37. The fraction of sp³-hybridized carbons (Fsp3) is 0.692. The summed E-state index contributed by atoms with van der Waals surface area (Å²) in [5, 5.41) is 0. The molecule has 27 heavy (non-hydrogen) atoms. The molecule has 0 atom stereocenters. The average molecular weight is 383 g/mol. The van der Waals surface area contributed by atoms with Crippen molar-refractivity contribution in [2.45, 2.75) is 114 Å². The van der Waals surface area contributed by atoms with Crippen LogP contribution in [0.1, 0.15) is 108 Å². The van der Waals surface area contributed by atoms with Crippen LogP contribution in [0.2, 0.25) is 0 Å². The highest BCUT2D eigenvalue weighted by Crippen LogP contribution is 2.19. The van der Waals surface area contributed by atoms with E-state index in [1.165, 1.54) is 12.0 Å². The van der Waals surface area contributed by atoms with Gasteiger partial charge >= 0.3 is 0 Å². The van der Waals surface area contributed by atoms with Gasteiger partial charge < -0.3 is 4.74 Å². The summed E-state index contributed by atoms with van der Waals surface area (Å²) in [5.74, 6) is 2.25. The molecule has 1 nitrogen and oxygen atoms in total. The smallest absolute Gasteiger partial charge is 0.0626 e. The van der Waals surface area contributed by atoms with Crippen molar-refractivity contribution in [1.82, 2.24) is 0 Å². The molecule has 164 valence electrons. The van der Waals surface area contributed by atoms with Gasteiger partial charge in [0.25, 0.3) is 0 Å². The zero-order chi connectivity index (χ0) is 23.1. The Hall–Kier alpha value is -1.26. The van der Waals surface area contributed by atoms with E-state index in [2.05, 4.69) is 66.7 Å². The lowest BCUT2D eigenvalue weighted by Crippen LogP contribution is -2.24. The SMILES string of the molecule is C#CC.C=C(C)CCCC(C)(C)OCCC.C=CC.C=CCC.CC.CC.